The van der Waals surface area contributed by atoms with Crippen molar-refractivity contribution >= 4 is 15.9 Å². The molecule has 0 atom stereocenters. The van der Waals surface area contributed by atoms with Gasteiger partial charge in [-0.3, -0.25) is 4.79 Å². The fraction of sp³-hybridized carbons (Fsp3) is 0.615. The van der Waals surface area contributed by atoms with Gasteiger partial charge in [0.1, 0.15) is 10.6 Å². The van der Waals surface area contributed by atoms with Crippen LogP contribution in [0.1, 0.15) is 37.2 Å². The van der Waals surface area contributed by atoms with Crippen LogP contribution in [-0.2, 0) is 10.0 Å². The number of hydrogen-bond donors (Lipinski definition) is 2. The van der Waals surface area contributed by atoms with E-state index >= 15 is 0 Å². The Morgan fingerprint density at radius 1 is 1.40 bits per heavy atom. The van der Waals surface area contributed by atoms with Crippen LogP contribution in [0.2, 0.25) is 0 Å². The molecule has 0 bridgehead atoms. The average Bonchev–Trinajstić information content (AvgIpc) is 3.06. The lowest BCUT2D eigenvalue weighted by Crippen LogP contribution is -2.28. The number of aromatic amines is 1. The predicted molar refractivity (Wildman–Crippen MR) is 76.0 cm³/mol. The van der Waals surface area contributed by atoms with Gasteiger partial charge in [-0.05, 0) is 24.8 Å². The van der Waals surface area contributed by atoms with E-state index in [9.17, 15) is 13.2 Å². The topological polar surface area (TPSA) is 82.3 Å². The summed E-state index contributed by atoms with van der Waals surface area (Å²) < 4.78 is 26.1. The van der Waals surface area contributed by atoms with Crippen molar-refractivity contribution in [2.45, 2.75) is 31.6 Å². The Morgan fingerprint density at radius 3 is 2.65 bits per heavy atom. The number of hydrogen-bond acceptors (Lipinski definition) is 3. The third-order valence-electron chi connectivity index (χ3n) is 3.27. The number of sulfonamides is 1. The van der Waals surface area contributed by atoms with Crippen LogP contribution < -0.4 is 5.32 Å². The molecular weight excluding hydrogens is 278 g/mol. The normalized spacial score (nSPS) is 16.8. The molecule has 0 aliphatic carbocycles. The van der Waals surface area contributed by atoms with Crippen LogP contribution in [0.15, 0.2) is 17.2 Å². The predicted octanol–water partition coefficient (Wildman–Crippen LogP) is 1.18. The van der Waals surface area contributed by atoms with E-state index in [1.54, 1.807) is 0 Å². The van der Waals surface area contributed by atoms with Crippen molar-refractivity contribution in [3.05, 3.63) is 18.0 Å². The summed E-state index contributed by atoms with van der Waals surface area (Å²) in [5.41, 5.74) is 0.281. The number of nitrogens with one attached hydrogen (secondary N) is 2. The van der Waals surface area contributed by atoms with E-state index < -0.39 is 10.0 Å². The molecule has 1 fully saturated rings. The minimum Gasteiger partial charge on any atom is -0.356 e. The highest BCUT2D eigenvalue weighted by molar-refractivity contribution is 7.89. The molecule has 6 nitrogen and oxygen atoms in total. The van der Waals surface area contributed by atoms with Crippen LogP contribution in [0.4, 0.5) is 0 Å². The summed E-state index contributed by atoms with van der Waals surface area (Å²) in [6.07, 6.45) is 3.18. The molecule has 20 heavy (non-hydrogen) atoms. The van der Waals surface area contributed by atoms with Crippen molar-refractivity contribution in [1.29, 1.82) is 0 Å². The monoisotopic (exact) mass is 299 g/mol. The smallest absolute Gasteiger partial charge is 0.267 e. The zero-order valence-electron chi connectivity index (χ0n) is 11.8. The second-order valence-electron chi connectivity index (χ2n) is 5.46. The first kappa shape index (κ1) is 15.1. The molecule has 1 aliphatic heterocycles. The fourth-order valence-corrected chi connectivity index (χ4v) is 3.64. The molecule has 112 valence electrons. The average molecular weight is 299 g/mol. The van der Waals surface area contributed by atoms with Crippen LogP contribution in [0, 0.1) is 5.92 Å². The second-order valence-corrected chi connectivity index (χ2v) is 7.40. The van der Waals surface area contributed by atoms with Crippen molar-refractivity contribution in [3.8, 4) is 0 Å². The van der Waals surface area contributed by atoms with Gasteiger partial charge in [-0.1, -0.05) is 13.8 Å². The zero-order valence-corrected chi connectivity index (χ0v) is 12.7. The summed E-state index contributed by atoms with van der Waals surface area (Å²) in [5.74, 6) is 0.0725. The van der Waals surface area contributed by atoms with Crippen molar-refractivity contribution in [1.82, 2.24) is 14.6 Å². The van der Waals surface area contributed by atoms with Crippen molar-refractivity contribution < 1.29 is 13.2 Å². The number of aromatic nitrogens is 1. The Morgan fingerprint density at radius 2 is 2.05 bits per heavy atom. The quantitative estimate of drug-likeness (QED) is 0.856. The van der Waals surface area contributed by atoms with E-state index in [-0.39, 0.29) is 16.5 Å². The van der Waals surface area contributed by atoms with Gasteiger partial charge in [-0.15, -0.1) is 0 Å². The number of H-pyrrole nitrogens is 1. The Balaban J connectivity index is 2.10. The molecule has 1 amide bonds. The van der Waals surface area contributed by atoms with Crippen LogP contribution in [0.5, 0.6) is 0 Å². The minimum absolute atomic E-state index is 0.161. The lowest BCUT2D eigenvalue weighted by atomic mass is 10.2. The second kappa shape index (κ2) is 5.97. The van der Waals surface area contributed by atoms with Gasteiger partial charge in [0, 0.05) is 25.8 Å². The summed E-state index contributed by atoms with van der Waals surface area (Å²) in [7, 11) is -3.46. The first-order valence-electron chi connectivity index (χ1n) is 6.88. The van der Waals surface area contributed by atoms with E-state index in [1.807, 2.05) is 13.8 Å². The molecule has 1 aromatic rings. The molecule has 7 heteroatoms. The number of carbonyl (C=O) groups excluding carboxylic acids is 1. The Kier molecular flexibility index (Phi) is 4.49. The van der Waals surface area contributed by atoms with Crippen molar-refractivity contribution in [2.75, 3.05) is 19.6 Å². The summed E-state index contributed by atoms with van der Waals surface area (Å²) in [4.78, 5) is 14.8. The van der Waals surface area contributed by atoms with Gasteiger partial charge in [0.15, 0.2) is 0 Å². The molecule has 2 rings (SSSR count). The fourth-order valence-electron chi connectivity index (χ4n) is 2.12. The first-order chi connectivity index (χ1) is 9.41. The van der Waals surface area contributed by atoms with Gasteiger partial charge in [-0.25, -0.2) is 8.42 Å². The molecule has 2 heterocycles. The molecule has 1 aliphatic rings. The van der Waals surface area contributed by atoms with E-state index in [2.05, 4.69) is 10.3 Å². The minimum atomic E-state index is -3.46. The first-order valence-corrected chi connectivity index (χ1v) is 8.32. The highest BCUT2D eigenvalue weighted by Crippen LogP contribution is 2.21. The maximum Gasteiger partial charge on any atom is 0.267 e. The summed E-state index contributed by atoms with van der Waals surface area (Å²) in [5, 5.41) is 2.75. The van der Waals surface area contributed by atoms with Gasteiger partial charge < -0.3 is 10.3 Å². The van der Waals surface area contributed by atoms with Crippen molar-refractivity contribution in [3.63, 3.8) is 0 Å². The van der Waals surface area contributed by atoms with Gasteiger partial charge >= 0.3 is 0 Å². The van der Waals surface area contributed by atoms with Gasteiger partial charge in [-0.2, -0.15) is 4.31 Å². The number of amides is 1. The van der Waals surface area contributed by atoms with Gasteiger partial charge in [0.05, 0.1) is 0 Å². The third kappa shape index (κ3) is 3.21. The largest absolute Gasteiger partial charge is 0.356 e. The highest BCUT2D eigenvalue weighted by Gasteiger charge is 2.28. The molecule has 1 saturated heterocycles. The van der Waals surface area contributed by atoms with Crippen LogP contribution in [0.3, 0.4) is 0 Å². The molecular formula is C13H21N3O3S. The van der Waals surface area contributed by atoms with Gasteiger partial charge in [0.2, 0.25) is 10.0 Å². The standard InChI is InChI=1S/C13H21N3O3S/c1-10(2)8-15-13(17)12-7-11(9-14-12)20(18,19)16-5-3-4-6-16/h7,9-10,14H,3-6,8H2,1-2H3,(H,15,17). The molecule has 2 N–H and O–H groups in total. The SMILES string of the molecule is CC(C)CNC(=O)c1cc(S(=O)(=O)N2CCCC2)c[nH]1. The van der Waals surface area contributed by atoms with E-state index in [1.165, 1.54) is 16.6 Å². The maximum atomic E-state index is 12.3. The maximum absolute atomic E-state index is 12.3. The van der Waals surface area contributed by atoms with E-state index in [4.69, 9.17) is 0 Å². The summed E-state index contributed by atoms with van der Waals surface area (Å²) >= 11 is 0. The number of nitrogens with zero attached hydrogens (tertiary/aromatic N) is 1. The Bertz CT molecular complexity index is 571. The van der Waals surface area contributed by atoms with E-state index in [0.717, 1.165) is 12.8 Å². The van der Waals surface area contributed by atoms with Gasteiger partial charge in [0.25, 0.3) is 5.91 Å². The third-order valence-corrected chi connectivity index (χ3v) is 5.15. The Hall–Kier alpha value is -1.34. The van der Waals surface area contributed by atoms with E-state index in [0.29, 0.717) is 25.6 Å². The summed E-state index contributed by atoms with van der Waals surface area (Å²) in [6, 6.07) is 1.41. The molecule has 0 saturated carbocycles. The highest BCUT2D eigenvalue weighted by atomic mass is 32.2. The summed E-state index contributed by atoms with van der Waals surface area (Å²) in [6.45, 7) is 5.67. The number of rotatable bonds is 5. The van der Waals surface area contributed by atoms with Crippen LogP contribution in [-0.4, -0.2) is 43.2 Å². The van der Waals surface area contributed by atoms with Crippen LogP contribution in [0.25, 0.3) is 0 Å². The lowest BCUT2D eigenvalue weighted by Gasteiger charge is -2.13. The number of carbonyl (C=O) groups is 1. The molecule has 1 aromatic heterocycles. The molecule has 0 unspecified atom stereocenters. The zero-order chi connectivity index (χ0) is 14.8. The molecule has 0 aromatic carbocycles. The molecule has 0 spiro atoms. The van der Waals surface area contributed by atoms with Crippen LogP contribution >= 0.6 is 0 Å². The lowest BCUT2D eigenvalue weighted by molar-refractivity contribution is 0.0944. The Labute approximate surface area is 119 Å². The van der Waals surface area contributed by atoms with Crippen molar-refractivity contribution in [2.24, 2.45) is 5.92 Å². The molecule has 0 radical (unpaired) electrons.